The summed E-state index contributed by atoms with van der Waals surface area (Å²) in [5.41, 5.74) is 1.98. The average Bonchev–Trinajstić information content (AvgIpc) is 2.53. The van der Waals surface area contributed by atoms with Crippen molar-refractivity contribution >= 4 is 25.8 Å². The summed E-state index contributed by atoms with van der Waals surface area (Å²) in [6.07, 6.45) is 1.49. The standard InChI is InChI=1S/C9H9NO2.C7H7ClO2S/c1-12-9-4-2-8(3-5-9)6-10-7-11;1-6-2-4-7(5-3-6)11(8,9)10/h2-5H,6H2,1H3;2-5H,1H3. The van der Waals surface area contributed by atoms with Crippen LogP contribution in [0.25, 0.3) is 0 Å². The number of carbonyl (C=O) groups excluding carboxylic acids is 1. The van der Waals surface area contributed by atoms with E-state index in [1.165, 1.54) is 18.2 Å². The largest absolute Gasteiger partial charge is 0.497 e. The number of methoxy groups -OCH3 is 1. The van der Waals surface area contributed by atoms with E-state index in [0.29, 0.717) is 6.54 Å². The molecule has 0 aliphatic carbocycles. The molecule has 7 heteroatoms. The third-order valence-electron chi connectivity index (χ3n) is 2.79. The van der Waals surface area contributed by atoms with Crippen molar-refractivity contribution in [3.05, 3.63) is 59.7 Å². The highest BCUT2D eigenvalue weighted by Crippen LogP contribution is 2.14. The highest BCUT2D eigenvalue weighted by molar-refractivity contribution is 8.13. The predicted octanol–water partition coefficient (Wildman–Crippen LogP) is 3.45. The summed E-state index contributed by atoms with van der Waals surface area (Å²) in [5, 5.41) is 0. The van der Waals surface area contributed by atoms with Crippen LogP contribution in [0.1, 0.15) is 11.1 Å². The van der Waals surface area contributed by atoms with Crippen LogP contribution in [0.3, 0.4) is 0 Å². The topological polar surface area (TPSA) is 72.8 Å². The van der Waals surface area contributed by atoms with Gasteiger partial charge in [-0.25, -0.2) is 18.2 Å². The molecule has 0 aliphatic rings. The van der Waals surface area contributed by atoms with Crippen molar-refractivity contribution in [3.8, 4) is 5.75 Å². The monoisotopic (exact) mass is 353 g/mol. The molecule has 0 saturated heterocycles. The molecule has 2 rings (SSSR count). The number of ether oxygens (including phenoxy) is 1. The lowest BCUT2D eigenvalue weighted by atomic mass is 10.2. The van der Waals surface area contributed by atoms with Crippen LogP contribution in [0.4, 0.5) is 0 Å². The van der Waals surface area contributed by atoms with Gasteiger partial charge in [0.2, 0.25) is 6.08 Å². The van der Waals surface area contributed by atoms with Crippen molar-refractivity contribution in [2.24, 2.45) is 4.99 Å². The van der Waals surface area contributed by atoms with Crippen molar-refractivity contribution in [1.82, 2.24) is 0 Å². The number of benzene rings is 2. The van der Waals surface area contributed by atoms with E-state index in [4.69, 9.17) is 15.4 Å². The number of hydrogen-bond donors (Lipinski definition) is 0. The second kappa shape index (κ2) is 9.10. The van der Waals surface area contributed by atoms with E-state index >= 15 is 0 Å². The maximum atomic E-state index is 10.7. The molecule has 2 aromatic rings. The maximum absolute atomic E-state index is 10.7. The molecule has 0 heterocycles. The van der Waals surface area contributed by atoms with Gasteiger partial charge in [-0.15, -0.1) is 0 Å². The predicted molar refractivity (Wildman–Crippen MR) is 89.0 cm³/mol. The van der Waals surface area contributed by atoms with Crippen molar-refractivity contribution in [2.45, 2.75) is 18.4 Å². The number of aryl methyl sites for hydroxylation is 1. The first kappa shape index (κ1) is 18.9. The van der Waals surface area contributed by atoms with E-state index in [0.717, 1.165) is 16.9 Å². The zero-order valence-electron chi connectivity index (χ0n) is 12.7. The molecule has 122 valence electrons. The molecule has 0 fully saturated rings. The number of aliphatic imine (C=N–C) groups is 1. The number of isocyanates is 1. The molecule has 0 unspecified atom stereocenters. The Labute approximate surface area is 140 Å². The van der Waals surface area contributed by atoms with Crippen LogP contribution in [0, 0.1) is 6.92 Å². The molecule has 0 aliphatic heterocycles. The molecule has 0 atom stereocenters. The Bertz CT molecular complexity index is 765. The Hall–Kier alpha value is -2.14. The molecule has 0 saturated carbocycles. The molecule has 0 radical (unpaired) electrons. The van der Waals surface area contributed by atoms with E-state index < -0.39 is 9.05 Å². The normalized spacial score (nSPS) is 10.0. The van der Waals surface area contributed by atoms with Crippen LogP contribution in [0.15, 0.2) is 58.4 Å². The molecule has 0 N–H and O–H groups in total. The van der Waals surface area contributed by atoms with Crippen LogP contribution in [0.2, 0.25) is 0 Å². The Morgan fingerprint density at radius 2 is 1.65 bits per heavy atom. The average molecular weight is 354 g/mol. The van der Waals surface area contributed by atoms with Gasteiger partial charge in [0, 0.05) is 10.7 Å². The summed E-state index contributed by atoms with van der Waals surface area (Å²) in [4.78, 5) is 13.4. The third-order valence-corrected chi connectivity index (χ3v) is 4.16. The van der Waals surface area contributed by atoms with Crippen LogP contribution >= 0.6 is 10.7 Å². The number of halogens is 1. The molecule has 2 aromatic carbocycles. The third kappa shape index (κ3) is 7.10. The molecule has 23 heavy (non-hydrogen) atoms. The lowest BCUT2D eigenvalue weighted by Gasteiger charge is -1.99. The highest BCUT2D eigenvalue weighted by atomic mass is 35.7. The lowest BCUT2D eigenvalue weighted by molar-refractivity contribution is 0.414. The fourth-order valence-electron chi connectivity index (χ4n) is 1.56. The SMILES string of the molecule is COc1ccc(CN=C=O)cc1.Cc1ccc(S(=O)(=O)Cl)cc1. The maximum Gasteiger partial charge on any atom is 0.261 e. The molecular formula is C16H16ClNO4S. The number of nitrogens with zero attached hydrogens (tertiary/aromatic N) is 1. The van der Waals surface area contributed by atoms with Gasteiger partial charge in [0.1, 0.15) is 5.75 Å². The molecule has 0 spiro atoms. The van der Waals surface area contributed by atoms with Crippen molar-refractivity contribution < 1.29 is 17.9 Å². The minimum atomic E-state index is -3.55. The van der Waals surface area contributed by atoms with Gasteiger partial charge in [0.25, 0.3) is 9.05 Å². The van der Waals surface area contributed by atoms with Crippen LogP contribution in [-0.4, -0.2) is 21.6 Å². The summed E-state index contributed by atoms with van der Waals surface area (Å²) in [6.45, 7) is 2.26. The molecular weight excluding hydrogens is 338 g/mol. The Morgan fingerprint density at radius 1 is 1.09 bits per heavy atom. The summed E-state index contributed by atoms with van der Waals surface area (Å²) in [6, 6.07) is 13.8. The van der Waals surface area contributed by atoms with E-state index in [9.17, 15) is 13.2 Å². The van der Waals surface area contributed by atoms with Crippen LogP contribution < -0.4 is 4.74 Å². The first-order chi connectivity index (χ1) is 10.9. The number of hydrogen-bond acceptors (Lipinski definition) is 5. The lowest BCUT2D eigenvalue weighted by Crippen LogP contribution is -1.89. The fourth-order valence-corrected chi connectivity index (χ4v) is 2.33. The van der Waals surface area contributed by atoms with E-state index in [2.05, 4.69) is 4.99 Å². The second-order valence-electron chi connectivity index (χ2n) is 4.51. The van der Waals surface area contributed by atoms with Gasteiger partial charge >= 0.3 is 0 Å². The minimum Gasteiger partial charge on any atom is -0.497 e. The summed E-state index contributed by atoms with van der Waals surface area (Å²) < 4.78 is 26.4. The van der Waals surface area contributed by atoms with E-state index in [-0.39, 0.29) is 4.90 Å². The first-order valence-corrected chi connectivity index (χ1v) is 8.85. The quantitative estimate of drug-likeness (QED) is 0.479. The van der Waals surface area contributed by atoms with Gasteiger partial charge < -0.3 is 4.74 Å². The van der Waals surface area contributed by atoms with Crippen molar-refractivity contribution in [2.75, 3.05) is 7.11 Å². The van der Waals surface area contributed by atoms with Crippen LogP contribution in [-0.2, 0) is 20.4 Å². The Morgan fingerprint density at radius 3 is 2.09 bits per heavy atom. The van der Waals surface area contributed by atoms with Crippen LogP contribution in [0.5, 0.6) is 5.75 Å². The highest BCUT2D eigenvalue weighted by Gasteiger charge is 2.07. The van der Waals surface area contributed by atoms with Gasteiger partial charge in [-0.2, -0.15) is 0 Å². The van der Waals surface area contributed by atoms with Crippen molar-refractivity contribution in [1.29, 1.82) is 0 Å². The number of rotatable bonds is 4. The van der Waals surface area contributed by atoms with Crippen molar-refractivity contribution in [3.63, 3.8) is 0 Å². The second-order valence-corrected chi connectivity index (χ2v) is 7.07. The molecule has 0 aromatic heterocycles. The van der Waals surface area contributed by atoms with Gasteiger partial charge in [-0.1, -0.05) is 29.8 Å². The summed E-state index contributed by atoms with van der Waals surface area (Å²) >= 11 is 0. The fraction of sp³-hybridized carbons (Fsp3) is 0.188. The Balaban J connectivity index is 0.000000231. The van der Waals surface area contributed by atoms with E-state index in [1.54, 1.807) is 19.2 Å². The smallest absolute Gasteiger partial charge is 0.261 e. The zero-order valence-corrected chi connectivity index (χ0v) is 14.3. The van der Waals surface area contributed by atoms with Gasteiger partial charge in [0.15, 0.2) is 0 Å². The zero-order chi connectivity index (χ0) is 17.3. The van der Waals surface area contributed by atoms with Gasteiger partial charge in [-0.05, 0) is 36.8 Å². The van der Waals surface area contributed by atoms with Gasteiger partial charge in [-0.3, -0.25) is 0 Å². The first-order valence-electron chi connectivity index (χ1n) is 6.54. The summed E-state index contributed by atoms with van der Waals surface area (Å²) in [7, 11) is 3.15. The Kier molecular flexibility index (Phi) is 7.48. The summed E-state index contributed by atoms with van der Waals surface area (Å²) in [5.74, 6) is 0.800. The molecule has 0 bridgehead atoms. The molecule has 5 nitrogen and oxygen atoms in total. The van der Waals surface area contributed by atoms with E-state index in [1.807, 2.05) is 31.2 Å². The minimum absolute atomic E-state index is 0.143. The molecule has 0 amide bonds. The van der Waals surface area contributed by atoms with Gasteiger partial charge in [0.05, 0.1) is 18.6 Å².